The lowest BCUT2D eigenvalue weighted by Gasteiger charge is -2.43. The first-order valence-electron chi connectivity index (χ1n) is 14.0. The van der Waals surface area contributed by atoms with E-state index in [0.717, 1.165) is 80.2 Å². The van der Waals surface area contributed by atoms with Gasteiger partial charge >= 0.3 is 0 Å². The third-order valence-electron chi connectivity index (χ3n) is 8.64. The molecule has 1 amide bonds. The van der Waals surface area contributed by atoms with Crippen molar-refractivity contribution in [1.82, 2.24) is 24.8 Å². The summed E-state index contributed by atoms with van der Waals surface area (Å²) in [6, 6.07) is 11.4. The number of anilines is 1. The summed E-state index contributed by atoms with van der Waals surface area (Å²) in [5, 5.41) is 13.0. The van der Waals surface area contributed by atoms with Crippen molar-refractivity contribution in [1.29, 1.82) is 5.26 Å². The summed E-state index contributed by atoms with van der Waals surface area (Å²) in [7, 11) is 0. The fourth-order valence-corrected chi connectivity index (χ4v) is 5.94. The van der Waals surface area contributed by atoms with Crippen molar-refractivity contribution in [3.05, 3.63) is 36.2 Å². The van der Waals surface area contributed by atoms with E-state index in [1.165, 1.54) is 0 Å². The normalized spacial score (nSPS) is 22.9. The predicted molar refractivity (Wildman–Crippen MR) is 146 cm³/mol. The van der Waals surface area contributed by atoms with Crippen LogP contribution in [0.15, 0.2) is 30.6 Å². The molecule has 3 aromatic rings. The van der Waals surface area contributed by atoms with Gasteiger partial charge < -0.3 is 24.3 Å². The van der Waals surface area contributed by atoms with Gasteiger partial charge in [-0.1, -0.05) is 6.07 Å². The summed E-state index contributed by atoms with van der Waals surface area (Å²) in [6.45, 7) is 8.00. The Morgan fingerprint density at radius 2 is 1.97 bits per heavy atom. The highest BCUT2D eigenvalue weighted by atomic mass is 16.5. The van der Waals surface area contributed by atoms with Crippen LogP contribution < -0.4 is 15.0 Å². The van der Waals surface area contributed by atoms with Gasteiger partial charge in [0.25, 0.3) is 0 Å². The van der Waals surface area contributed by atoms with Crippen LogP contribution in [0.1, 0.15) is 37.8 Å². The number of ether oxygens (including phenoxy) is 2. The molecular formula is C29H33N7O3. The Morgan fingerprint density at radius 3 is 2.64 bits per heavy atom. The quantitative estimate of drug-likeness (QED) is 0.500. The van der Waals surface area contributed by atoms with Gasteiger partial charge in [-0.2, -0.15) is 5.26 Å². The highest BCUT2D eigenvalue weighted by Gasteiger charge is 2.32. The summed E-state index contributed by atoms with van der Waals surface area (Å²) in [5.74, 6) is 0.697. The van der Waals surface area contributed by atoms with Gasteiger partial charge in [0.1, 0.15) is 17.7 Å². The Balaban J connectivity index is 1.19. The fraction of sp³-hybridized carbons (Fsp3) is 0.517. The van der Waals surface area contributed by atoms with E-state index < -0.39 is 0 Å². The van der Waals surface area contributed by atoms with E-state index in [0.29, 0.717) is 36.5 Å². The second-order valence-corrected chi connectivity index (χ2v) is 11.2. The van der Waals surface area contributed by atoms with Gasteiger partial charge in [-0.25, -0.2) is 9.97 Å². The third-order valence-corrected chi connectivity index (χ3v) is 8.64. The van der Waals surface area contributed by atoms with E-state index in [2.05, 4.69) is 25.8 Å². The topological polar surface area (TPSA) is 109 Å². The number of nitrogens with one attached hydrogen (secondary N) is 1. The van der Waals surface area contributed by atoms with Crippen LogP contribution in [0.4, 0.5) is 5.69 Å². The van der Waals surface area contributed by atoms with Gasteiger partial charge in [0.2, 0.25) is 11.8 Å². The Hall–Kier alpha value is -3.68. The Kier molecular flexibility index (Phi) is 6.13. The molecule has 39 heavy (non-hydrogen) atoms. The number of amides is 1. The molecular weight excluding hydrogens is 494 g/mol. The molecule has 5 heterocycles. The number of piperazine rings is 1. The zero-order chi connectivity index (χ0) is 26.5. The predicted octanol–water partition coefficient (Wildman–Crippen LogP) is 2.73. The SMILES string of the molecule is C[C@@H](Oc1nc(-c2ccc(N3CCN(C4COC4)CC3)c(C#N)c2)cc2ncn(C3CC3)c12)C1CNC(=O)C1. The van der Waals surface area contributed by atoms with Crippen molar-refractivity contribution in [3.8, 4) is 23.2 Å². The van der Waals surface area contributed by atoms with Crippen molar-refractivity contribution in [2.45, 2.75) is 44.4 Å². The van der Waals surface area contributed by atoms with Crippen molar-refractivity contribution < 1.29 is 14.3 Å². The molecule has 202 valence electrons. The number of carbonyl (C=O) groups excluding carboxylic acids is 1. The maximum absolute atomic E-state index is 11.8. The zero-order valence-corrected chi connectivity index (χ0v) is 22.2. The van der Waals surface area contributed by atoms with Crippen LogP contribution in [0.5, 0.6) is 5.88 Å². The molecule has 2 atom stereocenters. The Bertz CT molecular complexity index is 1450. The minimum absolute atomic E-state index is 0.0629. The first kappa shape index (κ1) is 24.4. The van der Waals surface area contributed by atoms with Crippen LogP contribution in [0.2, 0.25) is 0 Å². The minimum atomic E-state index is -0.181. The number of benzene rings is 1. The van der Waals surface area contributed by atoms with Crippen LogP contribution in [0.25, 0.3) is 22.3 Å². The first-order valence-corrected chi connectivity index (χ1v) is 14.0. The summed E-state index contributed by atoms with van der Waals surface area (Å²) < 4.78 is 14.0. The second-order valence-electron chi connectivity index (χ2n) is 11.2. The average Bonchev–Trinajstić information content (AvgIpc) is 3.52. The number of rotatable bonds is 7. The number of pyridine rings is 1. The van der Waals surface area contributed by atoms with E-state index in [4.69, 9.17) is 19.4 Å². The molecule has 1 aromatic carbocycles. The molecule has 0 spiro atoms. The maximum Gasteiger partial charge on any atom is 0.241 e. The highest BCUT2D eigenvalue weighted by Crippen LogP contribution is 2.41. The number of nitriles is 1. The Labute approximate surface area is 227 Å². The molecule has 4 fully saturated rings. The van der Waals surface area contributed by atoms with Crippen molar-refractivity contribution in [3.63, 3.8) is 0 Å². The summed E-state index contributed by atoms with van der Waals surface area (Å²) in [4.78, 5) is 26.3. The van der Waals surface area contributed by atoms with Gasteiger partial charge in [0.05, 0.1) is 48.0 Å². The largest absolute Gasteiger partial charge is 0.473 e. The van der Waals surface area contributed by atoms with Gasteiger partial charge in [-0.15, -0.1) is 0 Å². The van der Waals surface area contributed by atoms with Crippen LogP contribution in [0, 0.1) is 17.2 Å². The number of hydrogen-bond donors (Lipinski definition) is 1. The van der Waals surface area contributed by atoms with Crippen LogP contribution in [-0.2, 0) is 9.53 Å². The summed E-state index contributed by atoms with van der Waals surface area (Å²) in [5.41, 5.74) is 4.92. The van der Waals surface area contributed by atoms with E-state index in [1.54, 1.807) is 0 Å². The fourth-order valence-electron chi connectivity index (χ4n) is 5.94. The number of nitrogens with zero attached hydrogens (tertiary/aromatic N) is 6. The van der Waals surface area contributed by atoms with Crippen molar-refractivity contribution in [2.24, 2.45) is 5.92 Å². The van der Waals surface area contributed by atoms with Crippen molar-refractivity contribution >= 4 is 22.6 Å². The van der Waals surface area contributed by atoms with Gasteiger partial charge in [0.15, 0.2) is 0 Å². The van der Waals surface area contributed by atoms with Crippen molar-refractivity contribution in [2.75, 3.05) is 50.8 Å². The standard InChI is InChI=1S/C29H33N7O3/c1-18(21-11-27(37)31-14-21)39-29-28-25(32-17-36(28)22-3-4-22)12-24(33-29)19-2-5-26(20(10-19)13-30)35-8-6-34(7-9-35)23-15-38-16-23/h2,5,10,12,17-18,21-23H,3-4,6-9,11,14-16H2,1H3,(H,31,37)/t18-,21?/m1/s1. The number of aromatic nitrogens is 3. The molecule has 1 saturated carbocycles. The molecule has 10 nitrogen and oxygen atoms in total. The molecule has 4 aliphatic rings. The highest BCUT2D eigenvalue weighted by molar-refractivity contribution is 5.85. The molecule has 7 rings (SSSR count). The smallest absolute Gasteiger partial charge is 0.241 e. The van der Waals surface area contributed by atoms with E-state index in [-0.39, 0.29) is 17.9 Å². The van der Waals surface area contributed by atoms with E-state index in [1.807, 2.05) is 37.5 Å². The zero-order valence-electron chi connectivity index (χ0n) is 22.2. The average molecular weight is 528 g/mol. The molecule has 1 unspecified atom stereocenters. The van der Waals surface area contributed by atoms with Gasteiger partial charge in [-0.05, 0) is 38.0 Å². The molecule has 3 aliphatic heterocycles. The molecule has 0 bridgehead atoms. The second kappa shape index (κ2) is 9.81. The van der Waals surface area contributed by atoms with Crippen LogP contribution in [-0.4, -0.2) is 83.4 Å². The van der Waals surface area contributed by atoms with Gasteiger partial charge in [-0.3, -0.25) is 9.69 Å². The lowest BCUT2D eigenvalue weighted by molar-refractivity contribution is -0.119. The minimum Gasteiger partial charge on any atom is -0.473 e. The molecule has 1 aliphatic carbocycles. The van der Waals surface area contributed by atoms with E-state index in [9.17, 15) is 10.1 Å². The van der Waals surface area contributed by atoms with Crippen LogP contribution in [0.3, 0.4) is 0 Å². The van der Waals surface area contributed by atoms with Crippen LogP contribution >= 0.6 is 0 Å². The Morgan fingerprint density at radius 1 is 1.15 bits per heavy atom. The third kappa shape index (κ3) is 4.60. The maximum atomic E-state index is 11.8. The number of fused-ring (bicyclic) bond motifs is 1. The molecule has 0 radical (unpaired) electrons. The van der Waals surface area contributed by atoms with Gasteiger partial charge in [0, 0.05) is 56.7 Å². The number of carbonyl (C=O) groups is 1. The van der Waals surface area contributed by atoms with E-state index >= 15 is 0 Å². The molecule has 1 N–H and O–H groups in total. The molecule has 2 aromatic heterocycles. The summed E-state index contributed by atoms with van der Waals surface area (Å²) in [6.07, 6.45) is 4.41. The number of hydrogen-bond acceptors (Lipinski definition) is 8. The monoisotopic (exact) mass is 527 g/mol. The lowest BCUT2D eigenvalue weighted by Crippen LogP contribution is -2.56. The lowest BCUT2D eigenvalue weighted by atomic mass is 10.0. The first-order chi connectivity index (χ1) is 19.1. The molecule has 10 heteroatoms. The molecule has 3 saturated heterocycles. The number of imidazole rings is 1. The summed E-state index contributed by atoms with van der Waals surface area (Å²) >= 11 is 0.